The lowest BCUT2D eigenvalue weighted by Gasteiger charge is -2.43. The van der Waals surface area contributed by atoms with E-state index in [2.05, 4.69) is 174 Å². The van der Waals surface area contributed by atoms with Crippen LogP contribution in [-0.2, 0) is 16.7 Å². The third-order valence-corrected chi connectivity index (χ3v) is 11.4. The van der Waals surface area contributed by atoms with Crippen LogP contribution in [-0.4, -0.2) is 59.8 Å². The molecule has 252 valence electrons. The first kappa shape index (κ1) is 33.6. The molecule has 49 heavy (non-hydrogen) atoms. The van der Waals surface area contributed by atoms with E-state index in [9.17, 15) is 0 Å². The van der Waals surface area contributed by atoms with Gasteiger partial charge in [-0.25, -0.2) is 0 Å². The quantitative estimate of drug-likeness (QED) is 0.117. The van der Waals surface area contributed by atoms with Crippen molar-refractivity contribution in [2.75, 3.05) is 38.7 Å². The van der Waals surface area contributed by atoms with Crippen molar-refractivity contribution in [2.24, 2.45) is 0 Å². The first-order chi connectivity index (χ1) is 24.2. The molecule has 3 unspecified atom stereocenters. The van der Waals surface area contributed by atoms with Crippen LogP contribution in [0.15, 0.2) is 146 Å². The number of rotatable bonds is 13. The Morgan fingerprint density at radius 3 is 1.88 bits per heavy atom. The molecule has 0 aromatic heterocycles. The van der Waals surface area contributed by atoms with Crippen LogP contribution in [0.2, 0.25) is 0 Å². The second-order valence-corrected chi connectivity index (χ2v) is 14.6. The molecule has 2 aliphatic rings. The SMILES string of the molecule is CCCC(COc1ccc(CC2CN(C(c3ccccc3)(c3ccccc3)c3ccccc3)CS2)cc1)N1CCOC(c2ccccc2)C1. The fourth-order valence-electron chi connectivity index (χ4n) is 7.74. The number of morpholine rings is 1. The summed E-state index contributed by atoms with van der Waals surface area (Å²) in [5.74, 6) is 1.92. The van der Waals surface area contributed by atoms with Crippen LogP contribution in [0.3, 0.4) is 0 Å². The maximum absolute atomic E-state index is 6.45. The third kappa shape index (κ3) is 7.66. The van der Waals surface area contributed by atoms with E-state index in [1.807, 2.05) is 0 Å². The van der Waals surface area contributed by atoms with Crippen molar-refractivity contribution in [3.8, 4) is 5.75 Å². The van der Waals surface area contributed by atoms with Gasteiger partial charge in [-0.05, 0) is 52.8 Å². The van der Waals surface area contributed by atoms with Crippen LogP contribution in [0.5, 0.6) is 5.75 Å². The molecule has 2 saturated heterocycles. The van der Waals surface area contributed by atoms with Crippen molar-refractivity contribution in [1.82, 2.24) is 9.80 Å². The van der Waals surface area contributed by atoms with Crippen molar-refractivity contribution in [3.05, 3.63) is 173 Å². The molecule has 5 aromatic carbocycles. The highest BCUT2D eigenvalue weighted by Crippen LogP contribution is 2.46. The Kier molecular flexibility index (Phi) is 11.1. The molecule has 3 atom stereocenters. The smallest absolute Gasteiger partial charge is 0.119 e. The minimum Gasteiger partial charge on any atom is -0.492 e. The Morgan fingerprint density at radius 2 is 1.31 bits per heavy atom. The molecule has 0 spiro atoms. The molecule has 0 amide bonds. The number of hydrogen-bond acceptors (Lipinski definition) is 5. The van der Waals surface area contributed by atoms with Crippen LogP contribution in [0.25, 0.3) is 0 Å². The van der Waals surface area contributed by atoms with E-state index in [4.69, 9.17) is 9.47 Å². The van der Waals surface area contributed by atoms with Crippen molar-refractivity contribution in [3.63, 3.8) is 0 Å². The van der Waals surface area contributed by atoms with Crippen LogP contribution < -0.4 is 4.74 Å². The van der Waals surface area contributed by atoms with E-state index < -0.39 is 0 Å². The summed E-state index contributed by atoms with van der Waals surface area (Å²) >= 11 is 2.07. The molecule has 2 aliphatic heterocycles. The van der Waals surface area contributed by atoms with E-state index in [-0.39, 0.29) is 11.6 Å². The number of ether oxygens (including phenoxy) is 2. The van der Waals surface area contributed by atoms with Gasteiger partial charge in [-0.15, -0.1) is 11.8 Å². The van der Waals surface area contributed by atoms with Gasteiger partial charge in [0, 0.05) is 36.8 Å². The molecule has 0 radical (unpaired) electrons. The number of nitrogens with zero attached hydrogens (tertiary/aromatic N) is 2. The Bertz CT molecular complexity index is 1610. The standard InChI is InChI=1S/C44H48N2O2S/c1-2-15-40(45-28-29-47-43(32-45)36-16-7-3-8-17-36)33-48-41-26-24-35(25-27-41)30-42-31-46(34-49-42)44(37-18-9-4-10-19-37,38-20-11-5-12-21-38)39-22-13-6-14-23-39/h3-14,16-27,40,42-43H,2,15,28-34H2,1H3. The van der Waals surface area contributed by atoms with Gasteiger partial charge >= 0.3 is 0 Å². The molecule has 5 heteroatoms. The second kappa shape index (κ2) is 16.2. The summed E-state index contributed by atoms with van der Waals surface area (Å²) in [5.41, 5.74) is 6.19. The van der Waals surface area contributed by atoms with Gasteiger partial charge in [-0.2, -0.15) is 0 Å². The number of benzene rings is 5. The van der Waals surface area contributed by atoms with Gasteiger partial charge in [-0.1, -0.05) is 147 Å². The first-order valence-electron chi connectivity index (χ1n) is 17.9. The second-order valence-electron chi connectivity index (χ2n) is 13.3. The summed E-state index contributed by atoms with van der Waals surface area (Å²) in [5, 5.41) is 0.495. The summed E-state index contributed by atoms with van der Waals surface area (Å²) in [6.07, 6.45) is 3.40. The van der Waals surface area contributed by atoms with Gasteiger partial charge < -0.3 is 9.47 Å². The minimum absolute atomic E-state index is 0.121. The van der Waals surface area contributed by atoms with E-state index in [1.165, 1.54) is 27.8 Å². The summed E-state index contributed by atoms with van der Waals surface area (Å²) in [4.78, 5) is 5.27. The highest BCUT2D eigenvalue weighted by Gasteiger charge is 2.45. The zero-order chi connectivity index (χ0) is 33.3. The fourth-order valence-corrected chi connectivity index (χ4v) is 9.03. The molecule has 4 nitrogen and oxygen atoms in total. The van der Waals surface area contributed by atoms with Crippen molar-refractivity contribution in [2.45, 2.75) is 49.1 Å². The van der Waals surface area contributed by atoms with Gasteiger partial charge in [0.2, 0.25) is 0 Å². The Morgan fingerprint density at radius 1 is 0.735 bits per heavy atom. The first-order valence-corrected chi connectivity index (χ1v) is 18.9. The van der Waals surface area contributed by atoms with Crippen molar-refractivity contribution < 1.29 is 9.47 Å². The largest absolute Gasteiger partial charge is 0.492 e. The lowest BCUT2D eigenvalue weighted by molar-refractivity contribution is -0.0521. The van der Waals surface area contributed by atoms with E-state index in [1.54, 1.807) is 0 Å². The molecular formula is C44H48N2O2S. The van der Waals surface area contributed by atoms with Gasteiger partial charge in [0.15, 0.2) is 0 Å². The normalized spacial score (nSPS) is 19.4. The van der Waals surface area contributed by atoms with E-state index in [0.717, 1.165) is 57.1 Å². The van der Waals surface area contributed by atoms with Crippen LogP contribution in [0, 0.1) is 0 Å². The molecule has 2 heterocycles. The van der Waals surface area contributed by atoms with Crippen LogP contribution >= 0.6 is 11.8 Å². The summed E-state index contributed by atoms with van der Waals surface area (Å²) in [7, 11) is 0. The van der Waals surface area contributed by atoms with Gasteiger partial charge in [-0.3, -0.25) is 9.80 Å². The number of hydrogen-bond donors (Lipinski definition) is 0. The van der Waals surface area contributed by atoms with Crippen LogP contribution in [0.4, 0.5) is 0 Å². The monoisotopic (exact) mass is 668 g/mol. The van der Waals surface area contributed by atoms with Gasteiger partial charge in [0.1, 0.15) is 12.4 Å². The highest BCUT2D eigenvalue weighted by molar-refractivity contribution is 8.00. The average Bonchev–Trinajstić information content (AvgIpc) is 3.64. The molecular weight excluding hydrogens is 621 g/mol. The summed E-state index contributed by atoms with van der Waals surface area (Å²) in [6, 6.07) is 53.0. The van der Waals surface area contributed by atoms with Gasteiger partial charge in [0.25, 0.3) is 0 Å². The maximum Gasteiger partial charge on any atom is 0.119 e. The van der Waals surface area contributed by atoms with Crippen molar-refractivity contribution in [1.29, 1.82) is 0 Å². The third-order valence-electron chi connectivity index (χ3n) is 10.2. The Balaban J connectivity index is 1.02. The van der Waals surface area contributed by atoms with E-state index >= 15 is 0 Å². The Labute approximate surface area is 297 Å². The lowest BCUT2D eigenvalue weighted by Crippen LogP contribution is -2.47. The average molecular weight is 669 g/mol. The molecule has 0 aliphatic carbocycles. The fraction of sp³-hybridized carbons (Fsp3) is 0.318. The van der Waals surface area contributed by atoms with Crippen LogP contribution in [0.1, 0.15) is 53.7 Å². The zero-order valence-corrected chi connectivity index (χ0v) is 29.4. The lowest BCUT2D eigenvalue weighted by atomic mass is 9.75. The summed E-state index contributed by atoms with van der Waals surface area (Å²) in [6.45, 7) is 6.59. The van der Waals surface area contributed by atoms with E-state index in [0.29, 0.717) is 17.9 Å². The number of thioether (sulfide) groups is 1. The van der Waals surface area contributed by atoms with Crippen molar-refractivity contribution >= 4 is 11.8 Å². The molecule has 5 aromatic rings. The summed E-state index contributed by atoms with van der Waals surface area (Å²) < 4.78 is 12.6. The topological polar surface area (TPSA) is 24.9 Å². The Hall–Kier alpha value is -3.87. The molecule has 0 N–H and O–H groups in total. The maximum atomic E-state index is 6.45. The molecule has 2 fully saturated rings. The predicted octanol–water partition coefficient (Wildman–Crippen LogP) is 9.22. The highest BCUT2D eigenvalue weighted by atomic mass is 32.2. The zero-order valence-electron chi connectivity index (χ0n) is 28.6. The predicted molar refractivity (Wildman–Crippen MR) is 203 cm³/mol. The molecule has 0 saturated carbocycles. The molecule has 0 bridgehead atoms. The van der Waals surface area contributed by atoms with Gasteiger partial charge in [0.05, 0.1) is 18.2 Å². The molecule has 7 rings (SSSR count). The minimum atomic E-state index is -0.361.